The van der Waals surface area contributed by atoms with Crippen LogP contribution in [-0.2, 0) is 6.42 Å². The molecule has 0 saturated heterocycles. The minimum absolute atomic E-state index is 0.293. The fraction of sp³-hybridized carbons (Fsp3) is 0.154. The molecule has 2 aromatic rings. The van der Waals surface area contributed by atoms with Crippen LogP contribution >= 0.6 is 11.3 Å². The maximum absolute atomic E-state index is 13.7. The molecule has 1 aromatic heterocycles. The molecular weight excluding hydrogens is 297 g/mol. The largest absolute Gasteiger partial charge is 0.392 e. The van der Waals surface area contributed by atoms with Crippen LogP contribution in [0.3, 0.4) is 0 Å². The number of thiophene rings is 1. The molecular formula is C13H12FN3O3S. The van der Waals surface area contributed by atoms with Crippen LogP contribution in [0.15, 0.2) is 29.6 Å². The summed E-state index contributed by atoms with van der Waals surface area (Å²) < 4.78 is 13.7. The van der Waals surface area contributed by atoms with Crippen LogP contribution in [0, 0.1) is 15.9 Å². The summed E-state index contributed by atoms with van der Waals surface area (Å²) in [6, 6.07) is 5.61. The van der Waals surface area contributed by atoms with Gasteiger partial charge in [-0.1, -0.05) is 6.07 Å². The van der Waals surface area contributed by atoms with Crippen LogP contribution in [0.2, 0.25) is 0 Å². The number of nitro groups is 1. The van der Waals surface area contributed by atoms with Gasteiger partial charge in [0.05, 0.1) is 4.92 Å². The summed E-state index contributed by atoms with van der Waals surface area (Å²) >= 11 is 1.54. The fourth-order valence-corrected chi connectivity index (χ4v) is 2.52. The number of nitro benzene ring substituents is 1. The number of halogens is 1. The average molecular weight is 309 g/mol. The molecule has 0 saturated carbocycles. The third-order valence-corrected chi connectivity index (χ3v) is 3.77. The number of nitrogens with one attached hydrogen (secondary N) is 1. The first-order valence-corrected chi connectivity index (χ1v) is 6.91. The Hall–Kier alpha value is -2.48. The molecule has 110 valence electrons. The second-order valence-electron chi connectivity index (χ2n) is 4.20. The second-order valence-corrected chi connectivity index (χ2v) is 5.23. The van der Waals surface area contributed by atoms with Gasteiger partial charge < -0.3 is 11.1 Å². The Labute approximate surface area is 123 Å². The number of anilines is 1. The number of carbonyl (C=O) groups excluding carboxylic acids is 1. The average Bonchev–Trinajstić information content (AvgIpc) is 2.91. The summed E-state index contributed by atoms with van der Waals surface area (Å²) in [5.41, 5.74) is 4.07. The molecule has 1 heterocycles. The van der Waals surface area contributed by atoms with Gasteiger partial charge in [-0.2, -0.15) is 0 Å². The van der Waals surface area contributed by atoms with E-state index in [9.17, 15) is 19.3 Å². The first-order chi connectivity index (χ1) is 10.0. The van der Waals surface area contributed by atoms with Gasteiger partial charge in [0.15, 0.2) is 0 Å². The molecule has 1 amide bonds. The Morgan fingerprint density at radius 2 is 2.19 bits per heavy atom. The zero-order valence-corrected chi connectivity index (χ0v) is 11.7. The van der Waals surface area contributed by atoms with E-state index in [-0.39, 0.29) is 0 Å². The van der Waals surface area contributed by atoms with Crippen molar-refractivity contribution in [3.8, 4) is 0 Å². The van der Waals surface area contributed by atoms with Crippen LogP contribution in [-0.4, -0.2) is 17.4 Å². The first kappa shape index (κ1) is 14.9. The zero-order valence-electron chi connectivity index (χ0n) is 10.8. The maximum atomic E-state index is 13.7. The van der Waals surface area contributed by atoms with Gasteiger partial charge in [0.25, 0.3) is 11.6 Å². The van der Waals surface area contributed by atoms with Crippen LogP contribution in [0.4, 0.5) is 15.8 Å². The van der Waals surface area contributed by atoms with Crippen molar-refractivity contribution in [2.75, 3.05) is 12.3 Å². The van der Waals surface area contributed by atoms with Gasteiger partial charge in [0, 0.05) is 17.5 Å². The number of nitrogens with zero attached hydrogens (tertiary/aromatic N) is 1. The number of carbonyl (C=O) groups is 1. The van der Waals surface area contributed by atoms with E-state index in [0.29, 0.717) is 13.0 Å². The highest BCUT2D eigenvalue weighted by molar-refractivity contribution is 7.09. The van der Waals surface area contributed by atoms with E-state index < -0.39 is 33.6 Å². The lowest BCUT2D eigenvalue weighted by Crippen LogP contribution is -2.27. The van der Waals surface area contributed by atoms with Crippen LogP contribution in [0.25, 0.3) is 0 Å². The number of nitrogen functional groups attached to an aromatic ring is 1. The molecule has 2 rings (SSSR count). The summed E-state index contributed by atoms with van der Waals surface area (Å²) in [6.07, 6.45) is 0.597. The summed E-state index contributed by atoms with van der Waals surface area (Å²) in [5, 5.41) is 15.2. The Morgan fingerprint density at radius 3 is 2.81 bits per heavy atom. The summed E-state index contributed by atoms with van der Waals surface area (Å²) in [4.78, 5) is 23.0. The standard InChI is InChI=1S/C13H12FN3O3S/c14-9-3-4-10(17(19)20)12(15)11(9)13(18)16-6-5-8-2-1-7-21-8/h1-4,7H,5-6,15H2,(H,16,18). The molecule has 0 unspecified atom stereocenters. The highest BCUT2D eigenvalue weighted by Gasteiger charge is 2.23. The van der Waals surface area contributed by atoms with E-state index in [1.165, 1.54) is 0 Å². The Balaban J connectivity index is 2.11. The van der Waals surface area contributed by atoms with E-state index in [1.54, 1.807) is 11.3 Å². The Kier molecular flexibility index (Phi) is 4.49. The minimum atomic E-state index is -0.883. The molecule has 0 aliphatic carbocycles. The monoisotopic (exact) mass is 309 g/mol. The van der Waals surface area contributed by atoms with Crippen molar-refractivity contribution in [3.63, 3.8) is 0 Å². The van der Waals surface area contributed by atoms with Gasteiger partial charge in [0.2, 0.25) is 0 Å². The number of nitrogens with two attached hydrogens (primary N) is 1. The molecule has 0 radical (unpaired) electrons. The topological polar surface area (TPSA) is 98.3 Å². The van der Waals surface area contributed by atoms with E-state index in [2.05, 4.69) is 5.32 Å². The Bertz CT molecular complexity index is 674. The molecule has 0 aliphatic heterocycles. The van der Waals surface area contributed by atoms with Crippen molar-refractivity contribution in [2.45, 2.75) is 6.42 Å². The fourth-order valence-electron chi connectivity index (χ4n) is 1.81. The molecule has 0 fully saturated rings. The quantitative estimate of drug-likeness (QED) is 0.503. The molecule has 0 spiro atoms. The van der Waals surface area contributed by atoms with Gasteiger partial charge in [-0.25, -0.2) is 4.39 Å². The Morgan fingerprint density at radius 1 is 1.43 bits per heavy atom. The number of rotatable bonds is 5. The normalized spacial score (nSPS) is 10.3. The second kappa shape index (κ2) is 6.31. The molecule has 1 aromatic carbocycles. The molecule has 0 atom stereocenters. The maximum Gasteiger partial charge on any atom is 0.293 e. The van der Waals surface area contributed by atoms with Crippen LogP contribution < -0.4 is 11.1 Å². The minimum Gasteiger partial charge on any atom is -0.392 e. The predicted octanol–water partition coefficient (Wildman–Crippen LogP) is 2.35. The lowest BCUT2D eigenvalue weighted by Gasteiger charge is -2.08. The third-order valence-electron chi connectivity index (χ3n) is 2.83. The van der Waals surface area contributed by atoms with E-state index >= 15 is 0 Å². The molecule has 21 heavy (non-hydrogen) atoms. The van der Waals surface area contributed by atoms with Crippen molar-refractivity contribution in [3.05, 3.63) is 56.0 Å². The number of amides is 1. The van der Waals surface area contributed by atoms with Crippen molar-refractivity contribution in [1.29, 1.82) is 0 Å². The van der Waals surface area contributed by atoms with Crippen molar-refractivity contribution < 1.29 is 14.1 Å². The van der Waals surface area contributed by atoms with E-state index in [0.717, 1.165) is 17.0 Å². The molecule has 3 N–H and O–H groups in total. The lowest BCUT2D eigenvalue weighted by molar-refractivity contribution is -0.384. The number of hydrogen-bond acceptors (Lipinski definition) is 5. The highest BCUT2D eigenvalue weighted by Crippen LogP contribution is 2.27. The van der Waals surface area contributed by atoms with Gasteiger partial charge in [-0.05, 0) is 23.9 Å². The zero-order chi connectivity index (χ0) is 15.4. The van der Waals surface area contributed by atoms with Crippen molar-refractivity contribution in [2.24, 2.45) is 0 Å². The summed E-state index contributed by atoms with van der Waals surface area (Å²) in [6.45, 7) is 0.293. The van der Waals surface area contributed by atoms with Gasteiger partial charge in [-0.15, -0.1) is 11.3 Å². The lowest BCUT2D eigenvalue weighted by atomic mass is 10.1. The van der Waals surface area contributed by atoms with Crippen LogP contribution in [0.1, 0.15) is 15.2 Å². The van der Waals surface area contributed by atoms with Crippen LogP contribution in [0.5, 0.6) is 0 Å². The molecule has 6 nitrogen and oxygen atoms in total. The van der Waals surface area contributed by atoms with Crippen molar-refractivity contribution >= 4 is 28.6 Å². The molecule has 0 bridgehead atoms. The molecule has 0 aliphatic rings. The number of benzene rings is 1. The summed E-state index contributed by atoms with van der Waals surface area (Å²) in [5.74, 6) is -1.64. The van der Waals surface area contributed by atoms with Gasteiger partial charge in [0.1, 0.15) is 17.1 Å². The SMILES string of the molecule is Nc1c([N+](=O)[O-])ccc(F)c1C(=O)NCCc1cccs1. The van der Waals surface area contributed by atoms with Gasteiger partial charge >= 0.3 is 0 Å². The van der Waals surface area contributed by atoms with E-state index in [1.807, 2.05) is 17.5 Å². The van der Waals surface area contributed by atoms with Crippen molar-refractivity contribution in [1.82, 2.24) is 5.32 Å². The number of hydrogen-bond donors (Lipinski definition) is 2. The summed E-state index contributed by atoms with van der Waals surface area (Å²) in [7, 11) is 0. The highest BCUT2D eigenvalue weighted by atomic mass is 32.1. The van der Waals surface area contributed by atoms with Gasteiger partial charge in [-0.3, -0.25) is 14.9 Å². The predicted molar refractivity (Wildman–Crippen MR) is 77.8 cm³/mol. The van der Waals surface area contributed by atoms with E-state index in [4.69, 9.17) is 5.73 Å². The smallest absolute Gasteiger partial charge is 0.293 e. The molecule has 8 heteroatoms. The first-order valence-electron chi connectivity index (χ1n) is 6.03. The third kappa shape index (κ3) is 3.34.